The molecule has 0 spiro atoms. The Labute approximate surface area is 162 Å². The van der Waals surface area contributed by atoms with Gasteiger partial charge in [-0.25, -0.2) is 0 Å². The van der Waals surface area contributed by atoms with E-state index < -0.39 is 6.10 Å². The van der Waals surface area contributed by atoms with E-state index in [-0.39, 0.29) is 17.2 Å². The van der Waals surface area contributed by atoms with E-state index in [1.807, 2.05) is 12.1 Å². The minimum atomic E-state index is -0.406. The van der Waals surface area contributed by atoms with Crippen LogP contribution < -0.4 is 5.32 Å². The summed E-state index contributed by atoms with van der Waals surface area (Å²) >= 11 is 12.3. The van der Waals surface area contributed by atoms with Crippen LogP contribution in [0.3, 0.4) is 0 Å². The van der Waals surface area contributed by atoms with E-state index >= 15 is 0 Å². The zero-order valence-corrected chi connectivity index (χ0v) is 15.9. The van der Waals surface area contributed by atoms with Gasteiger partial charge in [0.2, 0.25) is 11.8 Å². The molecular weight excluding hydrogens is 375 g/mol. The number of hydrogen-bond acceptors (Lipinski definition) is 4. The molecule has 1 saturated carbocycles. The standard InChI is InChI=1S/C19H20Cl2N2O3/c1-19(6-7-19)15-10-16(26-23-15)22-18(24)13-3-2-8-25-17(13)12-5-4-11(20)9-14(12)21/h4-5,9-10,13,17H,2-3,6-8H2,1H3,(H,22,24)/t13-,17+/m1/s1. The monoisotopic (exact) mass is 394 g/mol. The minimum absolute atomic E-state index is 0.0970. The molecule has 138 valence electrons. The molecule has 26 heavy (non-hydrogen) atoms. The number of carbonyl (C=O) groups excluding carboxylic acids is 1. The summed E-state index contributed by atoms with van der Waals surface area (Å²) < 4.78 is 11.2. The molecule has 2 heterocycles. The zero-order valence-electron chi connectivity index (χ0n) is 14.4. The first-order chi connectivity index (χ1) is 12.5. The second-order valence-corrected chi connectivity index (χ2v) is 8.18. The molecule has 2 aromatic rings. The topological polar surface area (TPSA) is 64.4 Å². The summed E-state index contributed by atoms with van der Waals surface area (Å²) in [6, 6.07) is 7.07. The number of carbonyl (C=O) groups is 1. The van der Waals surface area contributed by atoms with Gasteiger partial charge >= 0.3 is 0 Å². The summed E-state index contributed by atoms with van der Waals surface area (Å²) in [6.07, 6.45) is 3.33. The van der Waals surface area contributed by atoms with Crippen LogP contribution in [0.2, 0.25) is 10.0 Å². The van der Waals surface area contributed by atoms with Gasteiger partial charge in [-0.2, -0.15) is 0 Å². The number of amides is 1. The predicted molar refractivity (Wildman–Crippen MR) is 99.6 cm³/mol. The van der Waals surface area contributed by atoms with Gasteiger partial charge in [-0.1, -0.05) is 41.3 Å². The van der Waals surface area contributed by atoms with Gasteiger partial charge in [-0.15, -0.1) is 0 Å². The maximum atomic E-state index is 12.9. The summed E-state index contributed by atoms with van der Waals surface area (Å²) in [4.78, 5) is 12.9. The molecule has 0 radical (unpaired) electrons. The van der Waals surface area contributed by atoms with Gasteiger partial charge in [-0.05, 0) is 37.8 Å². The van der Waals surface area contributed by atoms with Crippen molar-refractivity contribution in [1.82, 2.24) is 5.16 Å². The SMILES string of the molecule is CC1(c2cc(NC(=O)[C@@H]3CCCO[C@H]3c3ccc(Cl)cc3Cl)on2)CC1. The fourth-order valence-electron chi connectivity index (χ4n) is 3.36. The first-order valence-corrected chi connectivity index (χ1v) is 9.56. The van der Waals surface area contributed by atoms with Crippen molar-refractivity contribution in [3.05, 3.63) is 45.6 Å². The lowest BCUT2D eigenvalue weighted by molar-refractivity contribution is -0.129. The molecule has 4 rings (SSSR count). The second-order valence-electron chi connectivity index (χ2n) is 7.33. The first kappa shape index (κ1) is 17.8. The molecule has 0 bridgehead atoms. The molecule has 1 aromatic carbocycles. The van der Waals surface area contributed by atoms with E-state index in [2.05, 4.69) is 17.4 Å². The zero-order chi connectivity index (χ0) is 18.3. The number of hydrogen-bond donors (Lipinski definition) is 1. The third-order valence-corrected chi connectivity index (χ3v) is 5.87. The van der Waals surface area contributed by atoms with Crippen molar-refractivity contribution in [2.45, 2.75) is 44.1 Å². The summed E-state index contributed by atoms with van der Waals surface area (Å²) in [5, 5.41) is 8.00. The smallest absolute Gasteiger partial charge is 0.232 e. The third-order valence-electron chi connectivity index (χ3n) is 5.30. The number of anilines is 1. The fraction of sp³-hybridized carbons (Fsp3) is 0.474. The number of rotatable bonds is 4. The maximum Gasteiger partial charge on any atom is 0.232 e. The van der Waals surface area contributed by atoms with Crippen LogP contribution in [-0.4, -0.2) is 17.7 Å². The molecule has 7 heteroatoms. The molecular formula is C19H20Cl2N2O3. The van der Waals surface area contributed by atoms with E-state index in [1.54, 1.807) is 12.1 Å². The van der Waals surface area contributed by atoms with Gasteiger partial charge in [0.05, 0.1) is 17.7 Å². The largest absolute Gasteiger partial charge is 0.373 e. The van der Waals surface area contributed by atoms with Crippen molar-refractivity contribution in [1.29, 1.82) is 0 Å². The number of benzene rings is 1. The van der Waals surface area contributed by atoms with Crippen LogP contribution in [0.25, 0.3) is 0 Å². The van der Waals surface area contributed by atoms with Crippen LogP contribution in [0.5, 0.6) is 0 Å². The van der Waals surface area contributed by atoms with Crippen molar-refractivity contribution in [2.75, 3.05) is 11.9 Å². The first-order valence-electron chi connectivity index (χ1n) is 8.81. The van der Waals surface area contributed by atoms with Gasteiger partial charge in [-0.3, -0.25) is 10.1 Å². The van der Waals surface area contributed by atoms with Crippen molar-refractivity contribution >= 4 is 35.0 Å². The number of aromatic nitrogens is 1. The highest BCUT2D eigenvalue weighted by atomic mass is 35.5. The Balaban J connectivity index is 1.52. The molecule has 1 N–H and O–H groups in total. The Morgan fingerprint density at radius 2 is 2.12 bits per heavy atom. The third kappa shape index (κ3) is 3.48. The molecule has 2 fully saturated rings. The van der Waals surface area contributed by atoms with Gasteiger partial charge < -0.3 is 9.26 Å². The Morgan fingerprint density at radius 1 is 1.31 bits per heavy atom. The highest BCUT2D eigenvalue weighted by Gasteiger charge is 2.42. The highest BCUT2D eigenvalue weighted by molar-refractivity contribution is 6.35. The normalized spacial score (nSPS) is 24.3. The molecule has 2 aliphatic rings. The lowest BCUT2D eigenvalue weighted by Gasteiger charge is -2.31. The number of nitrogens with zero attached hydrogens (tertiary/aromatic N) is 1. The average Bonchev–Trinajstić information content (AvgIpc) is 3.19. The summed E-state index contributed by atoms with van der Waals surface area (Å²) in [6.45, 7) is 2.74. The van der Waals surface area contributed by atoms with E-state index in [0.29, 0.717) is 29.0 Å². The number of nitrogens with one attached hydrogen (secondary N) is 1. The molecule has 5 nitrogen and oxygen atoms in total. The van der Waals surface area contributed by atoms with Crippen LogP contribution in [0.15, 0.2) is 28.8 Å². The lowest BCUT2D eigenvalue weighted by Crippen LogP contribution is -2.33. The van der Waals surface area contributed by atoms with Crippen LogP contribution >= 0.6 is 23.2 Å². The van der Waals surface area contributed by atoms with Crippen molar-refractivity contribution in [2.24, 2.45) is 5.92 Å². The van der Waals surface area contributed by atoms with Gasteiger partial charge in [0, 0.05) is 33.7 Å². The molecule has 1 amide bonds. The van der Waals surface area contributed by atoms with Crippen LogP contribution in [-0.2, 0) is 14.9 Å². The highest BCUT2D eigenvalue weighted by Crippen LogP contribution is 2.47. The van der Waals surface area contributed by atoms with Gasteiger partial charge in [0.25, 0.3) is 0 Å². The minimum Gasteiger partial charge on any atom is -0.373 e. The Morgan fingerprint density at radius 3 is 2.85 bits per heavy atom. The molecule has 1 saturated heterocycles. The van der Waals surface area contributed by atoms with Crippen molar-refractivity contribution in [3.8, 4) is 0 Å². The maximum absolute atomic E-state index is 12.9. The lowest BCUT2D eigenvalue weighted by atomic mass is 9.88. The molecule has 2 atom stereocenters. The van der Waals surface area contributed by atoms with Crippen LogP contribution in [0.4, 0.5) is 5.88 Å². The van der Waals surface area contributed by atoms with E-state index in [4.69, 9.17) is 32.5 Å². The fourth-order valence-corrected chi connectivity index (χ4v) is 3.88. The van der Waals surface area contributed by atoms with E-state index in [0.717, 1.165) is 30.5 Å². The van der Waals surface area contributed by atoms with Crippen LogP contribution in [0, 0.1) is 5.92 Å². The summed E-state index contributed by atoms with van der Waals surface area (Å²) in [7, 11) is 0. The Hall–Kier alpha value is -1.56. The Kier molecular flexibility index (Phi) is 4.71. The summed E-state index contributed by atoms with van der Waals surface area (Å²) in [5.74, 6) is -0.124. The molecule has 1 aromatic heterocycles. The predicted octanol–water partition coefficient (Wildman–Crippen LogP) is 5.14. The second kappa shape index (κ2) is 6.87. The Bertz CT molecular complexity index is 832. The number of halogens is 2. The van der Waals surface area contributed by atoms with E-state index in [9.17, 15) is 4.79 Å². The van der Waals surface area contributed by atoms with E-state index in [1.165, 1.54) is 0 Å². The number of ether oxygens (including phenoxy) is 1. The van der Waals surface area contributed by atoms with Crippen LogP contribution in [0.1, 0.15) is 50.0 Å². The van der Waals surface area contributed by atoms with Gasteiger partial charge in [0.15, 0.2) is 0 Å². The van der Waals surface area contributed by atoms with Crippen molar-refractivity contribution < 1.29 is 14.1 Å². The molecule has 0 unspecified atom stereocenters. The molecule has 1 aliphatic heterocycles. The van der Waals surface area contributed by atoms with Crippen molar-refractivity contribution in [3.63, 3.8) is 0 Å². The average molecular weight is 395 g/mol. The summed E-state index contributed by atoms with van der Waals surface area (Å²) in [5.41, 5.74) is 1.77. The molecule has 1 aliphatic carbocycles. The van der Waals surface area contributed by atoms with Gasteiger partial charge in [0.1, 0.15) is 0 Å². The quantitative estimate of drug-likeness (QED) is 0.779.